The number of amides is 5. The van der Waals surface area contributed by atoms with Gasteiger partial charge in [-0.05, 0) is 66.8 Å². The van der Waals surface area contributed by atoms with Crippen LogP contribution in [0.5, 0.6) is 0 Å². The predicted molar refractivity (Wildman–Crippen MR) is 131 cm³/mol. The highest BCUT2D eigenvalue weighted by Crippen LogP contribution is 2.39. The van der Waals surface area contributed by atoms with Gasteiger partial charge in [0.1, 0.15) is 17.9 Å². The fourth-order valence-electron chi connectivity index (χ4n) is 4.81. The number of nitrogens with one attached hydrogen (secondary N) is 3. The Kier molecular flexibility index (Phi) is 5.97. The number of hydrogen-bond acceptors (Lipinski definition) is 4. The lowest BCUT2D eigenvalue weighted by molar-refractivity contribution is -0.134. The van der Waals surface area contributed by atoms with E-state index in [9.17, 15) is 23.6 Å². The molecule has 0 unspecified atom stereocenters. The fraction of sp³-hybridized carbons (Fsp3) is 0.185. The lowest BCUT2D eigenvalue weighted by Crippen LogP contribution is -2.47. The number of benzene rings is 3. The van der Waals surface area contributed by atoms with Crippen molar-refractivity contribution in [1.29, 1.82) is 0 Å². The summed E-state index contributed by atoms with van der Waals surface area (Å²) in [7, 11) is 0. The number of anilines is 2. The largest absolute Gasteiger partial charge is 0.325 e. The Morgan fingerprint density at radius 3 is 2.47 bits per heavy atom. The molecule has 1 saturated heterocycles. The van der Waals surface area contributed by atoms with Crippen molar-refractivity contribution in [1.82, 2.24) is 10.2 Å². The number of nitrogens with zero attached hydrogens (tertiary/aromatic N) is 1. The van der Waals surface area contributed by atoms with Gasteiger partial charge >= 0.3 is 6.03 Å². The number of carbonyl (C=O) groups excluding carboxylic acids is 4. The second-order valence-electron chi connectivity index (χ2n) is 8.79. The van der Waals surface area contributed by atoms with Crippen LogP contribution in [-0.2, 0) is 21.5 Å². The summed E-state index contributed by atoms with van der Waals surface area (Å²) in [4.78, 5) is 52.8. The van der Waals surface area contributed by atoms with Crippen LogP contribution >= 0.6 is 0 Å². The summed E-state index contributed by atoms with van der Waals surface area (Å²) in [6.07, 6.45) is 2.01. The van der Waals surface area contributed by atoms with Gasteiger partial charge in [0.2, 0.25) is 5.91 Å². The maximum Gasteiger partial charge on any atom is 0.325 e. The second kappa shape index (κ2) is 9.26. The van der Waals surface area contributed by atoms with Gasteiger partial charge in [-0.25, -0.2) is 9.18 Å². The van der Waals surface area contributed by atoms with E-state index in [1.807, 2.05) is 24.3 Å². The molecule has 5 amide bonds. The van der Waals surface area contributed by atoms with E-state index in [4.69, 9.17) is 0 Å². The topological polar surface area (TPSA) is 108 Å². The molecule has 3 aromatic carbocycles. The molecular formula is C27H23FN4O4. The summed E-state index contributed by atoms with van der Waals surface area (Å²) in [6, 6.07) is 18.5. The molecule has 0 aromatic heterocycles. The molecule has 0 bridgehead atoms. The first-order chi connectivity index (χ1) is 17.4. The summed E-state index contributed by atoms with van der Waals surface area (Å²) < 4.78 is 13.2. The average molecular weight is 487 g/mol. The highest BCUT2D eigenvalue weighted by atomic mass is 19.1. The number of hydrogen-bond donors (Lipinski definition) is 3. The lowest BCUT2D eigenvalue weighted by atomic mass is 9.76. The Morgan fingerprint density at radius 2 is 1.67 bits per heavy atom. The Bertz CT molecular complexity index is 1370. The highest BCUT2D eigenvalue weighted by Gasteiger charge is 2.54. The van der Waals surface area contributed by atoms with E-state index in [-0.39, 0.29) is 11.3 Å². The molecule has 1 aliphatic heterocycles. The SMILES string of the molecule is O=C(CN1C(=O)N[C@@]2(CCCc3ccccc32)C1=O)Nc1ccccc1C(=O)Nc1ccc(F)cc1. The van der Waals surface area contributed by atoms with Crippen molar-refractivity contribution in [2.24, 2.45) is 0 Å². The van der Waals surface area contributed by atoms with Crippen LogP contribution in [0.3, 0.4) is 0 Å². The van der Waals surface area contributed by atoms with Gasteiger partial charge in [0, 0.05) is 5.69 Å². The van der Waals surface area contributed by atoms with Gasteiger partial charge in [-0.3, -0.25) is 19.3 Å². The smallest absolute Gasteiger partial charge is 0.324 e. The van der Waals surface area contributed by atoms with E-state index in [1.54, 1.807) is 18.2 Å². The Labute approximate surface area is 206 Å². The van der Waals surface area contributed by atoms with Crippen LogP contribution in [0.1, 0.15) is 34.3 Å². The fourth-order valence-corrected chi connectivity index (χ4v) is 4.81. The maximum absolute atomic E-state index is 13.4. The summed E-state index contributed by atoms with van der Waals surface area (Å²) in [5.74, 6) is -2.02. The molecule has 1 heterocycles. The Morgan fingerprint density at radius 1 is 0.944 bits per heavy atom. The molecule has 1 atom stereocenters. The summed E-state index contributed by atoms with van der Waals surface area (Å²) in [6.45, 7) is -0.498. The van der Waals surface area contributed by atoms with Crippen molar-refractivity contribution in [3.8, 4) is 0 Å². The van der Waals surface area contributed by atoms with Gasteiger partial charge in [-0.2, -0.15) is 0 Å². The van der Waals surface area contributed by atoms with Gasteiger partial charge in [-0.15, -0.1) is 0 Å². The molecule has 182 valence electrons. The molecule has 2 aliphatic rings. The average Bonchev–Trinajstić information content (AvgIpc) is 3.10. The van der Waals surface area contributed by atoms with Crippen LogP contribution in [0.25, 0.3) is 0 Å². The normalized spacial score (nSPS) is 18.5. The summed E-state index contributed by atoms with van der Waals surface area (Å²) in [5.41, 5.74) is 1.38. The van der Waals surface area contributed by atoms with E-state index < -0.39 is 41.7 Å². The third kappa shape index (κ3) is 4.19. The van der Waals surface area contributed by atoms with E-state index in [2.05, 4.69) is 16.0 Å². The number of imide groups is 1. The molecule has 1 fully saturated rings. The van der Waals surface area contributed by atoms with E-state index >= 15 is 0 Å². The van der Waals surface area contributed by atoms with E-state index in [0.29, 0.717) is 12.1 Å². The summed E-state index contributed by atoms with van der Waals surface area (Å²) in [5, 5.41) is 8.10. The van der Waals surface area contributed by atoms with Gasteiger partial charge < -0.3 is 16.0 Å². The summed E-state index contributed by atoms with van der Waals surface area (Å²) >= 11 is 0. The van der Waals surface area contributed by atoms with E-state index in [1.165, 1.54) is 30.3 Å². The number of halogens is 1. The zero-order valence-electron chi connectivity index (χ0n) is 19.2. The molecule has 0 radical (unpaired) electrons. The van der Waals surface area contributed by atoms with Crippen molar-refractivity contribution in [2.45, 2.75) is 24.8 Å². The first-order valence-corrected chi connectivity index (χ1v) is 11.6. The standard InChI is InChI=1S/C27H23FN4O4/c28-18-11-13-19(14-12-18)29-24(34)20-8-2-4-10-22(20)30-23(33)16-32-25(35)27(31-26(32)36)15-5-7-17-6-1-3-9-21(17)27/h1-4,6,8-14H,5,7,15-16H2,(H,29,34)(H,30,33)(H,31,36)/t27-/m1/s1. The van der Waals surface area contributed by atoms with Crippen molar-refractivity contribution in [3.05, 3.63) is 95.3 Å². The minimum Gasteiger partial charge on any atom is -0.324 e. The molecule has 5 rings (SSSR count). The third-order valence-electron chi connectivity index (χ3n) is 6.50. The van der Waals surface area contributed by atoms with E-state index in [0.717, 1.165) is 28.9 Å². The van der Waals surface area contributed by atoms with Crippen LogP contribution in [0.2, 0.25) is 0 Å². The molecule has 1 aliphatic carbocycles. The Hall–Kier alpha value is -4.53. The number of carbonyl (C=O) groups is 4. The van der Waals surface area contributed by atoms with Gasteiger partial charge in [-0.1, -0.05) is 36.4 Å². The predicted octanol–water partition coefficient (Wildman–Crippen LogP) is 3.80. The molecule has 9 heteroatoms. The Balaban J connectivity index is 1.31. The minimum absolute atomic E-state index is 0.171. The highest BCUT2D eigenvalue weighted by molar-refractivity contribution is 6.13. The van der Waals surface area contributed by atoms with Crippen LogP contribution in [0, 0.1) is 5.82 Å². The molecule has 3 N–H and O–H groups in total. The van der Waals surface area contributed by atoms with Gasteiger partial charge in [0.05, 0.1) is 11.3 Å². The minimum atomic E-state index is -1.17. The quantitative estimate of drug-likeness (QED) is 0.477. The third-order valence-corrected chi connectivity index (χ3v) is 6.50. The number of fused-ring (bicyclic) bond motifs is 2. The molecular weight excluding hydrogens is 463 g/mol. The van der Waals surface area contributed by atoms with Crippen LogP contribution in [-0.4, -0.2) is 35.2 Å². The molecule has 8 nitrogen and oxygen atoms in total. The van der Waals surface area contributed by atoms with Gasteiger partial charge in [0.25, 0.3) is 11.8 Å². The number of aryl methyl sites for hydroxylation is 1. The van der Waals surface area contributed by atoms with Crippen molar-refractivity contribution >= 4 is 35.1 Å². The first-order valence-electron chi connectivity index (χ1n) is 11.6. The van der Waals surface area contributed by atoms with Crippen molar-refractivity contribution in [2.75, 3.05) is 17.2 Å². The maximum atomic E-state index is 13.4. The van der Waals surface area contributed by atoms with Crippen LogP contribution in [0.4, 0.5) is 20.6 Å². The molecule has 1 spiro atoms. The van der Waals surface area contributed by atoms with Crippen molar-refractivity contribution in [3.63, 3.8) is 0 Å². The van der Waals surface area contributed by atoms with Crippen LogP contribution in [0.15, 0.2) is 72.8 Å². The number of rotatable bonds is 5. The number of para-hydroxylation sites is 1. The molecule has 3 aromatic rings. The van der Waals surface area contributed by atoms with Crippen molar-refractivity contribution < 1.29 is 23.6 Å². The molecule has 36 heavy (non-hydrogen) atoms. The zero-order chi connectivity index (χ0) is 25.3. The molecule has 0 saturated carbocycles. The van der Waals surface area contributed by atoms with Crippen LogP contribution < -0.4 is 16.0 Å². The van der Waals surface area contributed by atoms with Gasteiger partial charge in [0.15, 0.2) is 0 Å². The second-order valence-corrected chi connectivity index (χ2v) is 8.79. The monoisotopic (exact) mass is 486 g/mol. The lowest BCUT2D eigenvalue weighted by Gasteiger charge is -2.33. The first kappa shape index (κ1) is 23.2. The number of urea groups is 1. The zero-order valence-corrected chi connectivity index (χ0v) is 19.2.